The lowest BCUT2D eigenvalue weighted by atomic mass is 9.73. The van der Waals surface area contributed by atoms with Gasteiger partial charge < -0.3 is 9.31 Å². The monoisotopic (exact) mass is 466 g/mol. The van der Waals surface area contributed by atoms with Gasteiger partial charge in [-0.1, -0.05) is 36.7 Å². The van der Waals surface area contributed by atoms with Gasteiger partial charge in [0.15, 0.2) is 15.6 Å². The normalized spacial score (nSPS) is 17.7. The molecule has 0 amide bonds. The van der Waals surface area contributed by atoms with Crippen LogP contribution in [0.25, 0.3) is 0 Å². The third kappa shape index (κ3) is 4.87. The van der Waals surface area contributed by atoms with Gasteiger partial charge in [-0.3, -0.25) is 4.79 Å². The van der Waals surface area contributed by atoms with Crippen molar-refractivity contribution in [1.82, 2.24) is 0 Å². The lowest BCUT2D eigenvalue weighted by molar-refractivity contribution is 0.00578. The van der Waals surface area contributed by atoms with Crippen molar-refractivity contribution in [2.24, 2.45) is 0 Å². The molecule has 9 heteroatoms. The molecule has 1 fully saturated rings. The number of halogens is 2. The smallest absolute Gasteiger partial charge is 0.399 e. The summed E-state index contributed by atoms with van der Waals surface area (Å²) in [6.45, 7) is 9.12. The molecule has 0 unspecified atom stereocenters. The molecule has 0 aromatic heterocycles. The maximum atomic E-state index is 13.5. The standard InChI is InChI=1S/C22H25BClFO5S/c1-6-31(27,28)13-14-7-9-16(20(26)17-10-8-15(25)12-19(17)24)18(11-14)23-29-21(2,3)22(4,5)30-23/h7-12H,6,13H2,1-5H3. The summed E-state index contributed by atoms with van der Waals surface area (Å²) in [5.41, 5.74) is 0.00848. The topological polar surface area (TPSA) is 69.7 Å². The molecule has 5 nitrogen and oxygen atoms in total. The van der Waals surface area contributed by atoms with Gasteiger partial charge in [0.2, 0.25) is 0 Å². The van der Waals surface area contributed by atoms with Gasteiger partial charge in [-0.05, 0) is 56.9 Å². The number of sulfone groups is 1. The van der Waals surface area contributed by atoms with E-state index in [1.54, 1.807) is 25.1 Å². The number of carbonyl (C=O) groups excluding carboxylic acids is 1. The molecule has 1 aliphatic heterocycles. The summed E-state index contributed by atoms with van der Waals surface area (Å²) in [5.74, 6) is -1.14. The van der Waals surface area contributed by atoms with E-state index in [4.69, 9.17) is 20.9 Å². The zero-order valence-electron chi connectivity index (χ0n) is 18.2. The minimum atomic E-state index is -3.28. The van der Waals surface area contributed by atoms with Crippen LogP contribution in [0.5, 0.6) is 0 Å². The molecule has 1 saturated heterocycles. The van der Waals surface area contributed by atoms with Crippen molar-refractivity contribution < 1.29 is 26.9 Å². The van der Waals surface area contributed by atoms with E-state index in [1.165, 1.54) is 6.07 Å². The van der Waals surface area contributed by atoms with E-state index in [9.17, 15) is 17.6 Å². The van der Waals surface area contributed by atoms with Crippen molar-refractivity contribution in [1.29, 1.82) is 0 Å². The zero-order valence-corrected chi connectivity index (χ0v) is 19.7. The largest absolute Gasteiger partial charge is 0.495 e. The van der Waals surface area contributed by atoms with Gasteiger partial charge in [0, 0.05) is 16.9 Å². The van der Waals surface area contributed by atoms with Crippen LogP contribution in [0.4, 0.5) is 4.39 Å². The van der Waals surface area contributed by atoms with Crippen LogP contribution >= 0.6 is 11.6 Å². The van der Waals surface area contributed by atoms with E-state index in [0.29, 0.717) is 11.0 Å². The van der Waals surface area contributed by atoms with Gasteiger partial charge in [-0.15, -0.1) is 0 Å². The van der Waals surface area contributed by atoms with Crippen LogP contribution in [-0.4, -0.2) is 38.3 Å². The maximum absolute atomic E-state index is 13.5. The van der Waals surface area contributed by atoms with Crippen LogP contribution in [0.3, 0.4) is 0 Å². The number of rotatable bonds is 6. The first-order chi connectivity index (χ1) is 14.3. The Labute approximate surface area is 188 Å². The molecule has 1 aliphatic rings. The van der Waals surface area contributed by atoms with Gasteiger partial charge in [-0.2, -0.15) is 0 Å². The lowest BCUT2D eigenvalue weighted by Crippen LogP contribution is -2.41. The molecule has 0 aliphatic carbocycles. The first-order valence-corrected chi connectivity index (χ1v) is 12.1. The molecule has 1 heterocycles. The average Bonchev–Trinajstić information content (AvgIpc) is 2.88. The predicted octanol–water partition coefficient (Wildman–Crippen LogP) is 3.94. The Hall–Kier alpha value is -1.74. The van der Waals surface area contributed by atoms with Gasteiger partial charge in [0.1, 0.15) is 5.82 Å². The molecule has 31 heavy (non-hydrogen) atoms. The molecule has 0 saturated carbocycles. The molecule has 0 spiro atoms. The maximum Gasteiger partial charge on any atom is 0.495 e. The van der Waals surface area contributed by atoms with Crippen molar-refractivity contribution >= 4 is 39.8 Å². The Bertz CT molecular complexity index is 1110. The molecule has 2 aromatic carbocycles. The van der Waals surface area contributed by atoms with E-state index in [0.717, 1.165) is 12.1 Å². The predicted molar refractivity (Wildman–Crippen MR) is 120 cm³/mol. The third-order valence-corrected chi connectivity index (χ3v) is 7.84. The summed E-state index contributed by atoms with van der Waals surface area (Å²) in [7, 11) is -4.17. The van der Waals surface area contributed by atoms with Gasteiger partial charge in [-0.25, -0.2) is 12.8 Å². The van der Waals surface area contributed by atoms with Crippen LogP contribution < -0.4 is 5.46 Å². The molecule has 0 N–H and O–H groups in total. The van der Waals surface area contributed by atoms with E-state index >= 15 is 0 Å². The molecule has 0 atom stereocenters. The van der Waals surface area contributed by atoms with E-state index < -0.39 is 39.8 Å². The Balaban J connectivity index is 2.11. The quantitative estimate of drug-likeness (QED) is 0.476. The molecular formula is C22H25BClFO5S. The highest BCUT2D eigenvalue weighted by Gasteiger charge is 2.52. The van der Waals surface area contributed by atoms with Crippen LogP contribution in [0, 0.1) is 5.82 Å². The Morgan fingerprint density at radius 2 is 1.61 bits per heavy atom. The van der Waals surface area contributed by atoms with Gasteiger partial charge >= 0.3 is 7.12 Å². The second-order valence-corrected chi connectivity index (χ2v) is 11.4. The summed E-state index contributed by atoms with van der Waals surface area (Å²) in [5, 5.41) is -0.0116. The van der Waals surface area contributed by atoms with Crippen molar-refractivity contribution in [3.05, 3.63) is 63.9 Å². The Kier molecular flexibility index (Phi) is 6.42. The average molecular weight is 467 g/mol. The van der Waals surface area contributed by atoms with Crippen molar-refractivity contribution in [3.8, 4) is 0 Å². The second kappa shape index (κ2) is 8.32. The fourth-order valence-electron chi connectivity index (χ4n) is 3.25. The van der Waals surface area contributed by atoms with Crippen molar-refractivity contribution in [3.63, 3.8) is 0 Å². The molecule has 0 radical (unpaired) electrons. The molecule has 3 rings (SSSR count). The van der Waals surface area contributed by atoms with E-state index in [2.05, 4.69) is 0 Å². The number of carbonyl (C=O) groups is 1. The summed E-state index contributed by atoms with van der Waals surface area (Å²) < 4.78 is 50.0. The summed E-state index contributed by atoms with van der Waals surface area (Å²) >= 11 is 6.11. The van der Waals surface area contributed by atoms with E-state index in [-0.39, 0.29) is 27.7 Å². The zero-order chi connectivity index (χ0) is 23.2. The molecule has 0 bridgehead atoms. The van der Waals surface area contributed by atoms with E-state index in [1.807, 2.05) is 27.7 Å². The van der Waals surface area contributed by atoms with Crippen LogP contribution in [0.1, 0.15) is 56.1 Å². The van der Waals surface area contributed by atoms with Gasteiger partial charge in [0.05, 0.1) is 22.0 Å². The molecular weight excluding hydrogens is 442 g/mol. The van der Waals surface area contributed by atoms with Gasteiger partial charge in [0.25, 0.3) is 0 Å². The minimum Gasteiger partial charge on any atom is -0.399 e. The fourth-order valence-corrected chi connectivity index (χ4v) is 4.39. The first kappa shape index (κ1) is 23.9. The Morgan fingerprint density at radius 3 is 2.16 bits per heavy atom. The molecule has 2 aromatic rings. The highest BCUT2D eigenvalue weighted by Crippen LogP contribution is 2.37. The van der Waals surface area contributed by atoms with Crippen LogP contribution in [0.2, 0.25) is 5.02 Å². The van der Waals surface area contributed by atoms with Crippen molar-refractivity contribution in [2.75, 3.05) is 5.75 Å². The number of ketones is 1. The second-order valence-electron chi connectivity index (χ2n) is 8.64. The fraction of sp³-hybridized carbons (Fsp3) is 0.409. The third-order valence-electron chi connectivity index (χ3n) is 5.87. The SMILES string of the molecule is CCS(=O)(=O)Cc1ccc(C(=O)c2ccc(F)cc2Cl)c(B2OC(C)(C)C(C)(C)O2)c1. The number of hydrogen-bond donors (Lipinski definition) is 0. The van der Waals surface area contributed by atoms with Crippen molar-refractivity contribution in [2.45, 2.75) is 51.6 Å². The minimum absolute atomic E-state index is 0.00466. The summed E-state index contributed by atoms with van der Waals surface area (Å²) in [6, 6.07) is 8.32. The van der Waals surface area contributed by atoms with Crippen LogP contribution in [-0.2, 0) is 24.9 Å². The lowest BCUT2D eigenvalue weighted by Gasteiger charge is -2.32. The summed E-state index contributed by atoms with van der Waals surface area (Å²) in [6.07, 6.45) is 0. The summed E-state index contributed by atoms with van der Waals surface area (Å²) in [4.78, 5) is 13.3. The van der Waals surface area contributed by atoms with Crippen LogP contribution in [0.15, 0.2) is 36.4 Å². The Morgan fingerprint density at radius 1 is 1.03 bits per heavy atom. The highest BCUT2D eigenvalue weighted by atomic mass is 35.5. The molecule has 166 valence electrons. The first-order valence-electron chi connectivity index (χ1n) is 9.95. The number of benzene rings is 2. The highest BCUT2D eigenvalue weighted by molar-refractivity contribution is 7.90. The number of hydrogen-bond acceptors (Lipinski definition) is 5.